The van der Waals surface area contributed by atoms with Crippen molar-refractivity contribution in [1.82, 2.24) is 0 Å². The SMILES string of the molecule is NCC(c1ccc(Cl)cc1)C(O)c1ccc(F)c(F)c1. The molecule has 0 radical (unpaired) electrons. The van der Waals surface area contributed by atoms with Crippen LogP contribution in [0.3, 0.4) is 0 Å². The van der Waals surface area contributed by atoms with Gasteiger partial charge in [-0.25, -0.2) is 8.78 Å². The van der Waals surface area contributed by atoms with Gasteiger partial charge in [-0.3, -0.25) is 0 Å². The molecule has 2 aromatic carbocycles. The highest BCUT2D eigenvalue weighted by atomic mass is 35.5. The Labute approximate surface area is 120 Å². The molecule has 0 saturated carbocycles. The maximum Gasteiger partial charge on any atom is 0.159 e. The number of benzene rings is 2. The van der Waals surface area contributed by atoms with Crippen molar-refractivity contribution in [1.29, 1.82) is 0 Å². The van der Waals surface area contributed by atoms with E-state index in [0.717, 1.165) is 17.7 Å². The van der Waals surface area contributed by atoms with Gasteiger partial charge in [0.1, 0.15) is 0 Å². The number of rotatable bonds is 4. The highest BCUT2D eigenvalue weighted by Gasteiger charge is 2.22. The summed E-state index contributed by atoms with van der Waals surface area (Å²) >= 11 is 5.81. The van der Waals surface area contributed by atoms with Gasteiger partial charge in [-0.05, 0) is 35.4 Å². The van der Waals surface area contributed by atoms with Gasteiger partial charge in [0.05, 0.1) is 6.10 Å². The average Bonchev–Trinajstić information content (AvgIpc) is 2.44. The van der Waals surface area contributed by atoms with Crippen LogP contribution < -0.4 is 5.73 Å². The van der Waals surface area contributed by atoms with E-state index in [1.807, 2.05) is 0 Å². The van der Waals surface area contributed by atoms with Crippen LogP contribution in [0.4, 0.5) is 8.78 Å². The predicted octanol–water partition coefficient (Wildman–Crippen LogP) is 3.39. The lowest BCUT2D eigenvalue weighted by Gasteiger charge is -2.22. The molecule has 2 aromatic rings. The largest absolute Gasteiger partial charge is 0.388 e. The van der Waals surface area contributed by atoms with Crippen LogP contribution in [0.15, 0.2) is 42.5 Å². The van der Waals surface area contributed by atoms with E-state index in [2.05, 4.69) is 0 Å². The van der Waals surface area contributed by atoms with Gasteiger partial charge in [0.25, 0.3) is 0 Å². The monoisotopic (exact) mass is 297 g/mol. The maximum atomic E-state index is 13.2. The molecule has 0 amide bonds. The van der Waals surface area contributed by atoms with Crippen LogP contribution in [0, 0.1) is 11.6 Å². The molecule has 20 heavy (non-hydrogen) atoms. The molecule has 2 rings (SSSR count). The molecule has 2 atom stereocenters. The average molecular weight is 298 g/mol. The van der Waals surface area contributed by atoms with Gasteiger partial charge in [0.15, 0.2) is 11.6 Å². The smallest absolute Gasteiger partial charge is 0.159 e. The van der Waals surface area contributed by atoms with Crippen molar-refractivity contribution in [3.05, 3.63) is 70.2 Å². The quantitative estimate of drug-likeness (QED) is 0.908. The van der Waals surface area contributed by atoms with Crippen molar-refractivity contribution in [2.75, 3.05) is 6.54 Å². The molecule has 0 fully saturated rings. The van der Waals surface area contributed by atoms with E-state index >= 15 is 0 Å². The summed E-state index contributed by atoms with van der Waals surface area (Å²) in [4.78, 5) is 0. The summed E-state index contributed by atoms with van der Waals surface area (Å²) in [7, 11) is 0. The summed E-state index contributed by atoms with van der Waals surface area (Å²) in [5, 5.41) is 10.9. The number of nitrogens with two attached hydrogens (primary N) is 1. The Hall–Kier alpha value is -1.49. The number of aliphatic hydroxyl groups excluding tert-OH is 1. The molecule has 2 unspecified atom stereocenters. The van der Waals surface area contributed by atoms with Crippen LogP contribution in [-0.4, -0.2) is 11.7 Å². The second kappa shape index (κ2) is 6.31. The predicted molar refractivity (Wildman–Crippen MR) is 74.6 cm³/mol. The molecule has 3 N–H and O–H groups in total. The summed E-state index contributed by atoms with van der Waals surface area (Å²) in [6.07, 6.45) is -1.02. The van der Waals surface area contributed by atoms with Crippen LogP contribution in [0.5, 0.6) is 0 Å². The molecule has 0 aliphatic carbocycles. The molecule has 2 nitrogen and oxygen atoms in total. The van der Waals surface area contributed by atoms with Gasteiger partial charge in [-0.1, -0.05) is 29.8 Å². The van der Waals surface area contributed by atoms with E-state index in [1.54, 1.807) is 24.3 Å². The van der Waals surface area contributed by atoms with Gasteiger partial charge in [-0.2, -0.15) is 0 Å². The minimum atomic E-state index is -1.02. The number of halogens is 3. The Morgan fingerprint density at radius 1 is 1.00 bits per heavy atom. The first-order valence-electron chi connectivity index (χ1n) is 6.11. The topological polar surface area (TPSA) is 46.2 Å². The van der Waals surface area contributed by atoms with E-state index in [9.17, 15) is 13.9 Å². The van der Waals surface area contributed by atoms with Crippen LogP contribution in [0.1, 0.15) is 23.1 Å². The van der Waals surface area contributed by atoms with E-state index in [0.29, 0.717) is 5.02 Å². The van der Waals surface area contributed by atoms with Gasteiger partial charge < -0.3 is 10.8 Å². The number of hydrogen-bond donors (Lipinski definition) is 2. The lowest BCUT2D eigenvalue weighted by molar-refractivity contribution is 0.147. The Morgan fingerprint density at radius 2 is 1.60 bits per heavy atom. The van der Waals surface area contributed by atoms with Crippen molar-refractivity contribution in [2.24, 2.45) is 5.73 Å². The number of hydrogen-bond acceptors (Lipinski definition) is 2. The van der Waals surface area contributed by atoms with Crippen molar-refractivity contribution in [2.45, 2.75) is 12.0 Å². The fourth-order valence-corrected chi connectivity index (χ4v) is 2.21. The second-order valence-electron chi connectivity index (χ2n) is 4.51. The second-order valence-corrected chi connectivity index (χ2v) is 4.95. The normalized spacial score (nSPS) is 14.1. The Bertz CT molecular complexity index is 589. The first kappa shape index (κ1) is 14.9. The molecule has 0 saturated heterocycles. The van der Waals surface area contributed by atoms with Gasteiger partial charge in [0.2, 0.25) is 0 Å². The van der Waals surface area contributed by atoms with E-state index in [-0.39, 0.29) is 12.1 Å². The highest BCUT2D eigenvalue weighted by molar-refractivity contribution is 6.30. The minimum absolute atomic E-state index is 0.168. The highest BCUT2D eigenvalue weighted by Crippen LogP contribution is 2.31. The summed E-state index contributed by atoms with van der Waals surface area (Å²) in [6, 6.07) is 10.2. The van der Waals surface area contributed by atoms with Crippen molar-refractivity contribution >= 4 is 11.6 Å². The zero-order chi connectivity index (χ0) is 14.7. The van der Waals surface area contributed by atoms with Crippen molar-refractivity contribution in [3.8, 4) is 0 Å². The van der Waals surface area contributed by atoms with E-state index in [1.165, 1.54) is 6.07 Å². The molecule has 0 aliphatic rings. The van der Waals surface area contributed by atoms with Gasteiger partial charge in [0, 0.05) is 17.5 Å². The van der Waals surface area contributed by atoms with Crippen LogP contribution in [-0.2, 0) is 0 Å². The first-order valence-corrected chi connectivity index (χ1v) is 6.49. The van der Waals surface area contributed by atoms with E-state index < -0.39 is 23.7 Å². The summed E-state index contributed by atoms with van der Waals surface area (Å²) in [5.74, 6) is -2.36. The standard InChI is InChI=1S/C15H14ClF2NO/c16-11-4-1-9(2-5-11)12(8-19)15(20)10-3-6-13(17)14(18)7-10/h1-7,12,15,20H,8,19H2. The zero-order valence-corrected chi connectivity index (χ0v) is 11.3. The van der Waals surface area contributed by atoms with E-state index in [4.69, 9.17) is 17.3 Å². The molecular formula is C15H14ClF2NO. The third-order valence-electron chi connectivity index (χ3n) is 3.22. The molecule has 0 bridgehead atoms. The minimum Gasteiger partial charge on any atom is -0.388 e. The summed E-state index contributed by atoms with van der Waals surface area (Å²) < 4.78 is 26.1. The van der Waals surface area contributed by atoms with Crippen LogP contribution in [0.25, 0.3) is 0 Å². The number of aliphatic hydroxyl groups is 1. The third-order valence-corrected chi connectivity index (χ3v) is 3.47. The Balaban J connectivity index is 2.30. The Morgan fingerprint density at radius 3 is 2.15 bits per heavy atom. The molecule has 0 aromatic heterocycles. The first-order chi connectivity index (χ1) is 9.52. The molecule has 0 aliphatic heterocycles. The maximum absolute atomic E-state index is 13.2. The molecule has 0 spiro atoms. The molecule has 5 heteroatoms. The van der Waals surface area contributed by atoms with Gasteiger partial charge >= 0.3 is 0 Å². The summed E-state index contributed by atoms with van der Waals surface area (Å²) in [5.41, 5.74) is 6.76. The van der Waals surface area contributed by atoms with Crippen LogP contribution in [0.2, 0.25) is 5.02 Å². The van der Waals surface area contributed by atoms with Crippen molar-refractivity contribution in [3.63, 3.8) is 0 Å². The fourth-order valence-electron chi connectivity index (χ4n) is 2.09. The van der Waals surface area contributed by atoms with Gasteiger partial charge in [-0.15, -0.1) is 0 Å². The zero-order valence-electron chi connectivity index (χ0n) is 10.6. The van der Waals surface area contributed by atoms with Crippen LogP contribution >= 0.6 is 11.6 Å². The third kappa shape index (κ3) is 3.15. The molecule has 106 valence electrons. The fraction of sp³-hybridized carbons (Fsp3) is 0.200. The molecule has 0 heterocycles. The van der Waals surface area contributed by atoms with Crippen molar-refractivity contribution < 1.29 is 13.9 Å². The lowest BCUT2D eigenvalue weighted by Crippen LogP contribution is -2.20. The Kier molecular flexibility index (Phi) is 4.70. The lowest BCUT2D eigenvalue weighted by atomic mass is 9.89. The molecular weight excluding hydrogens is 284 g/mol. The summed E-state index contributed by atoms with van der Waals surface area (Å²) in [6.45, 7) is 0.168.